The van der Waals surface area contributed by atoms with Crippen LogP contribution in [0.2, 0.25) is 0 Å². The van der Waals surface area contributed by atoms with E-state index >= 15 is 0 Å². The van der Waals surface area contributed by atoms with E-state index in [0.29, 0.717) is 17.5 Å². The molecule has 0 spiro atoms. The number of hydrogen-bond donors (Lipinski definition) is 2. The van der Waals surface area contributed by atoms with Crippen LogP contribution in [0.5, 0.6) is 0 Å². The molecular formula is C11H13N5O. The van der Waals surface area contributed by atoms with Crippen molar-refractivity contribution in [3.8, 4) is 0 Å². The van der Waals surface area contributed by atoms with Gasteiger partial charge >= 0.3 is 5.69 Å². The summed E-state index contributed by atoms with van der Waals surface area (Å²) in [6, 6.07) is 2.18. The van der Waals surface area contributed by atoms with Crippen LogP contribution in [-0.2, 0) is 0 Å². The van der Waals surface area contributed by atoms with Crippen molar-refractivity contribution >= 4 is 11.5 Å². The van der Waals surface area contributed by atoms with Gasteiger partial charge in [0, 0.05) is 12.1 Å². The number of fused-ring (bicyclic) bond motifs is 1. The molecule has 0 radical (unpaired) electrons. The summed E-state index contributed by atoms with van der Waals surface area (Å²) in [6.07, 6.45) is 6.34. The Morgan fingerprint density at radius 1 is 1.47 bits per heavy atom. The minimum atomic E-state index is -0.251. The smallest absolute Gasteiger partial charge is 0.349 e. The van der Waals surface area contributed by atoms with Crippen molar-refractivity contribution in [3.05, 3.63) is 34.5 Å². The molecule has 2 aromatic heterocycles. The molecular weight excluding hydrogens is 218 g/mol. The van der Waals surface area contributed by atoms with Crippen molar-refractivity contribution in [2.75, 3.05) is 5.32 Å². The van der Waals surface area contributed by atoms with E-state index in [1.165, 1.54) is 4.40 Å². The van der Waals surface area contributed by atoms with Crippen molar-refractivity contribution in [1.82, 2.24) is 19.6 Å². The quantitative estimate of drug-likeness (QED) is 0.751. The SMILES string of the molecule is Cc1nc(NC2CC=CC2)cc2n[nH]c(=O)n12. The highest BCUT2D eigenvalue weighted by Crippen LogP contribution is 2.16. The zero-order valence-corrected chi connectivity index (χ0v) is 9.47. The zero-order valence-electron chi connectivity index (χ0n) is 9.47. The Bertz CT molecular complexity index is 631. The van der Waals surface area contributed by atoms with Gasteiger partial charge in [0.15, 0.2) is 5.65 Å². The number of rotatable bonds is 2. The first-order chi connectivity index (χ1) is 8.24. The maximum absolute atomic E-state index is 11.4. The third-order valence-electron chi connectivity index (χ3n) is 2.93. The van der Waals surface area contributed by atoms with Gasteiger partial charge in [0.2, 0.25) is 0 Å². The van der Waals surface area contributed by atoms with Gasteiger partial charge in [-0.15, -0.1) is 0 Å². The van der Waals surface area contributed by atoms with E-state index in [1.54, 1.807) is 13.0 Å². The highest BCUT2D eigenvalue weighted by Gasteiger charge is 2.12. The van der Waals surface area contributed by atoms with Crippen LogP contribution in [0.15, 0.2) is 23.0 Å². The van der Waals surface area contributed by atoms with E-state index in [-0.39, 0.29) is 5.69 Å². The van der Waals surface area contributed by atoms with E-state index in [0.717, 1.165) is 18.7 Å². The molecule has 2 heterocycles. The molecule has 0 fully saturated rings. The van der Waals surface area contributed by atoms with Gasteiger partial charge in [-0.25, -0.2) is 19.3 Å². The molecule has 6 heteroatoms. The minimum Gasteiger partial charge on any atom is -0.367 e. The summed E-state index contributed by atoms with van der Waals surface area (Å²) in [7, 11) is 0. The Hall–Kier alpha value is -2.11. The van der Waals surface area contributed by atoms with Crippen molar-refractivity contribution < 1.29 is 0 Å². The second-order valence-corrected chi connectivity index (χ2v) is 4.20. The number of nitrogens with one attached hydrogen (secondary N) is 2. The van der Waals surface area contributed by atoms with Crippen molar-refractivity contribution in [2.45, 2.75) is 25.8 Å². The Labute approximate surface area is 97.4 Å². The average Bonchev–Trinajstić information content (AvgIpc) is 2.89. The number of aromatic amines is 1. The lowest BCUT2D eigenvalue weighted by atomic mass is 10.2. The largest absolute Gasteiger partial charge is 0.367 e. The van der Waals surface area contributed by atoms with Gasteiger partial charge in [-0.1, -0.05) is 12.2 Å². The standard InChI is InChI=1S/C11H13N5O/c1-7-12-9(13-8-4-2-3-5-8)6-10-14-15-11(17)16(7)10/h2-3,6,8,13H,4-5H2,1H3,(H,15,17). The minimum absolute atomic E-state index is 0.251. The van der Waals surface area contributed by atoms with Crippen LogP contribution in [-0.4, -0.2) is 25.6 Å². The van der Waals surface area contributed by atoms with Crippen molar-refractivity contribution in [2.24, 2.45) is 0 Å². The van der Waals surface area contributed by atoms with Gasteiger partial charge in [-0.2, -0.15) is 5.10 Å². The first-order valence-corrected chi connectivity index (χ1v) is 5.60. The number of anilines is 1. The second kappa shape index (κ2) is 3.73. The second-order valence-electron chi connectivity index (χ2n) is 4.20. The molecule has 0 saturated carbocycles. The lowest BCUT2D eigenvalue weighted by molar-refractivity contribution is 0.777. The maximum atomic E-state index is 11.4. The number of hydrogen-bond acceptors (Lipinski definition) is 4. The van der Waals surface area contributed by atoms with E-state index in [2.05, 4.69) is 32.7 Å². The average molecular weight is 231 g/mol. The molecule has 2 N–H and O–H groups in total. The molecule has 88 valence electrons. The Balaban J connectivity index is 1.98. The van der Waals surface area contributed by atoms with Crippen LogP contribution >= 0.6 is 0 Å². The Morgan fingerprint density at radius 3 is 3.00 bits per heavy atom. The molecule has 0 aliphatic heterocycles. The Kier molecular flexibility index (Phi) is 2.21. The molecule has 0 amide bonds. The number of H-pyrrole nitrogens is 1. The zero-order chi connectivity index (χ0) is 11.8. The monoisotopic (exact) mass is 231 g/mol. The van der Waals surface area contributed by atoms with Gasteiger partial charge in [-0.05, 0) is 19.8 Å². The summed E-state index contributed by atoms with van der Waals surface area (Å²) in [5.41, 5.74) is 0.343. The lowest BCUT2D eigenvalue weighted by Gasteiger charge is -2.13. The molecule has 0 aromatic carbocycles. The van der Waals surface area contributed by atoms with Gasteiger partial charge < -0.3 is 5.32 Å². The van der Waals surface area contributed by atoms with E-state index in [9.17, 15) is 4.79 Å². The van der Waals surface area contributed by atoms with Crippen LogP contribution in [0.4, 0.5) is 5.82 Å². The number of aromatic nitrogens is 4. The highest BCUT2D eigenvalue weighted by atomic mass is 16.1. The van der Waals surface area contributed by atoms with Crippen LogP contribution in [0.3, 0.4) is 0 Å². The molecule has 0 saturated heterocycles. The van der Waals surface area contributed by atoms with Gasteiger partial charge in [0.05, 0.1) is 0 Å². The predicted molar refractivity (Wildman–Crippen MR) is 64.1 cm³/mol. The maximum Gasteiger partial charge on any atom is 0.349 e. The van der Waals surface area contributed by atoms with E-state index < -0.39 is 0 Å². The molecule has 0 bridgehead atoms. The molecule has 2 aromatic rings. The molecule has 0 atom stereocenters. The fourth-order valence-corrected chi connectivity index (χ4v) is 2.12. The summed E-state index contributed by atoms with van der Waals surface area (Å²) in [5.74, 6) is 1.40. The lowest BCUT2D eigenvalue weighted by Crippen LogP contribution is -2.18. The normalized spacial score (nSPS) is 15.8. The molecule has 1 aliphatic carbocycles. The first-order valence-electron chi connectivity index (χ1n) is 5.60. The molecule has 3 rings (SSSR count). The van der Waals surface area contributed by atoms with Gasteiger partial charge in [0.1, 0.15) is 11.6 Å². The fraction of sp³-hybridized carbons (Fsp3) is 0.364. The topological polar surface area (TPSA) is 75.1 Å². The van der Waals surface area contributed by atoms with Crippen LogP contribution in [0, 0.1) is 6.92 Å². The molecule has 0 unspecified atom stereocenters. The van der Waals surface area contributed by atoms with Gasteiger partial charge in [-0.3, -0.25) is 0 Å². The summed E-state index contributed by atoms with van der Waals surface area (Å²) in [5, 5.41) is 9.70. The summed E-state index contributed by atoms with van der Waals surface area (Å²) < 4.78 is 1.46. The Morgan fingerprint density at radius 2 is 2.24 bits per heavy atom. The summed E-state index contributed by atoms with van der Waals surface area (Å²) in [4.78, 5) is 15.8. The summed E-state index contributed by atoms with van der Waals surface area (Å²) >= 11 is 0. The van der Waals surface area contributed by atoms with Crippen LogP contribution < -0.4 is 11.0 Å². The first kappa shape index (κ1) is 10.1. The van der Waals surface area contributed by atoms with E-state index in [1.807, 2.05) is 0 Å². The van der Waals surface area contributed by atoms with Crippen LogP contribution in [0.25, 0.3) is 5.65 Å². The highest BCUT2D eigenvalue weighted by molar-refractivity contribution is 5.50. The predicted octanol–water partition coefficient (Wildman–Crippen LogP) is 0.857. The van der Waals surface area contributed by atoms with Gasteiger partial charge in [0.25, 0.3) is 0 Å². The molecule has 17 heavy (non-hydrogen) atoms. The van der Waals surface area contributed by atoms with Crippen molar-refractivity contribution in [3.63, 3.8) is 0 Å². The summed E-state index contributed by atoms with van der Waals surface area (Å²) in [6.45, 7) is 1.79. The van der Waals surface area contributed by atoms with Crippen molar-refractivity contribution in [1.29, 1.82) is 0 Å². The number of aryl methyl sites for hydroxylation is 1. The molecule has 6 nitrogen and oxygen atoms in total. The van der Waals surface area contributed by atoms with Crippen LogP contribution in [0.1, 0.15) is 18.7 Å². The third-order valence-corrected chi connectivity index (χ3v) is 2.93. The third kappa shape index (κ3) is 1.71. The van der Waals surface area contributed by atoms with E-state index in [4.69, 9.17) is 0 Å². The molecule has 1 aliphatic rings. The number of nitrogens with zero attached hydrogens (tertiary/aromatic N) is 3. The fourth-order valence-electron chi connectivity index (χ4n) is 2.12.